The quantitative estimate of drug-likeness (QED) is 0.796. The van der Waals surface area contributed by atoms with Crippen LogP contribution >= 0.6 is 22.9 Å². The molecule has 0 saturated heterocycles. The zero-order chi connectivity index (χ0) is 11.8. The molecule has 0 spiro atoms. The van der Waals surface area contributed by atoms with E-state index in [1.165, 1.54) is 12.8 Å². The third-order valence-electron chi connectivity index (χ3n) is 3.14. The molecule has 0 amide bonds. The minimum atomic E-state index is 0.582. The Hall–Kier alpha value is -0.710. The summed E-state index contributed by atoms with van der Waals surface area (Å²) in [5, 5.41) is 3.56. The van der Waals surface area contributed by atoms with Crippen molar-refractivity contribution in [3.8, 4) is 0 Å². The second kappa shape index (κ2) is 4.52. The smallest absolute Gasteiger partial charge is 0.145 e. The Bertz CT molecular complexity index is 536. The van der Waals surface area contributed by atoms with Gasteiger partial charge in [0.1, 0.15) is 15.8 Å². The molecule has 3 nitrogen and oxygen atoms in total. The van der Waals surface area contributed by atoms with E-state index in [4.69, 9.17) is 11.6 Å². The summed E-state index contributed by atoms with van der Waals surface area (Å²) < 4.78 is 0. The molecule has 2 aromatic heterocycles. The van der Waals surface area contributed by atoms with Gasteiger partial charge in [-0.15, -0.1) is 11.3 Å². The molecule has 0 radical (unpaired) electrons. The van der Waals surface area contributed by atoms with Crippen molar-refractivity contribution in [3.63, 3.8) is 0 Å². The lowest BCUT2D eigenvalue weighted by atomic mass is 10.4. The molecule has 3 rings (SSSR count). The van der Waals surface area contributed by atoms with E-state index in [-0.39, 0.29) is 0 Å². The summed E-state index contributed by atoms with van der Waals surface area (Å²) >= 11 is 7.78. The van der Waals surface area contributed by atoms with Gasteiger partial charge in [0.25, 0.3) is 0 Å². The fraction of sp³-hybridized carbons (Fsp3) is 0.500. The highest BCUT2D eigenvalue weighted by Crippen LogP contribution is 2.29. The van der Waals surface area contributed by atoms with Crippen LogP contribution in [-0.2, 0) is 6.54 Å². The van der Waals surface area contributed by atoms with E-state index < -0.39 is 0 Å². The Labute approximate surface area is 109 Å². The fourth-order valence-corrected chi connectivity index (χ4v) is 3.14. The molecule has 1 saturated carbocycles. The van der Waals surface area contributed by atoms with Crippen LogP contribution in [0.15, 0.2) is 11.4 Å². The zero-order valence-corrected chi connectivity index (χ0v) is 11.3. The summed E-state index contributed by atoms with van der Waals surface area (Å²) in [7, 11) is 0. The summed E-state index contributed by atoms with van der Waals surface area (Å²) in [6.07, 6.45) is 2.62. The minimum absolute atomic E-state index is 0.582. The summed E-state index contributed by atoms with van der Waals surface area (Å²) in [5.41, 5.74) is 0. The van der Waals surface area contributed by atoms with Crippen molar-refractivity contribution in [2.45, 2.75) is 32.4 Å². The highest BCUT2D eigenvalue weighted by Gasteiger charge is 2.28. The highest BCUT2D eigenvalue weighted by molar-refractivity contribution is 7.16. The van der Waals surface area contributed by atoms with Gasteiger partial charge in [-0.05, 0) is 30.8 Å². The van der Waals surface area contributed by atoms with Crippen LogP contribution in [0.25, 0.3) is 10.2 Å². The van der Waals surface area contributed by atoms with E-state index in [2.05, 4.69) is 21.8 Å². The number of aromatic nitrogens is 2. The monoisotopic (exact) mass is 267 g/mol. The van der Waals surface area contributed by atoms with Crippen molar-refractivity contribution >= 4 is 33.2 Å². The van der Waals surface area contributed by atoms with E-state index >= 15 is 0 Å². The standard InChI is InChI=1S/C12H14ClN3S/c1-2-16(8-3-4-8)7-10-14-11(13)9-5-6-17-12(9)15-10/h5-6,8H,2-4,7H2,1H3. The van der Waals surface area contributed by atoms with E-state index in [1.54, 1.807) is 11.3 Å². The van der Waals surface area contributed by atoms with Crippen LogP contribution in [0.4, 0.5) is 0 Å². The van der Waals surface area contributed by atoms with Crippen molar-refractivity contribution in [3.05, 3.63) is 22.4 Å². The number of hydrogen-bond donors (Lipinski definition) is 0. The number of nitrogens with zero attached hydrogens (tertiary/aromatic N) is 3. The molecule has 5 heteroatoms. The summed E-state index contributed by atoms with van der Waals surface area (Å²) in [4.78, 5) is 12.4. The molecule has 0 aliphatic heterocycles. The van der Waals surface area contributed by atoms with Crippen LogP contribution in [-0.4, -0.2) is 27.5 Å². The van der Waals surface area contributed by atoms with Crippen LogP contribution in [0.2, 0.25) is 5.15 Å². The van der Waals surface area contributed by atoms with Gasteiger partial charge in [-0.2, -0.15) is 0 Å². The number of fused-ring (bicyclic) bond motifs is 1. The average Bonchev–Trinajstić information content (AvgIpc) is 3.04. The molecule has 0 bridgehead atoms. The number of thiophene rings is 1. The highest BCUT2D eigenvalue weighted by atomic mass is 35.5. The second-order valence-electron chi connectivity index (χ2n) is 4.36. The van der Waals surface area contributed by atoms with Gasteiger partial charge in [-0.25, -0.2) is 9.97 Å². The molecule has 1 aliphatic rings. The SMILES string of the molecule is CCN(Cc1nc(Cl)c2ccsc2n1)C1CC1. The van der Waals surface area contributed by atoms with Gasteiger partial charge in [0.2, 0.25) is 0 Å². The fourth-order valence-electron chi connectivity index (χ4n) is 2.05. The van der Waals surface area contributed by atoms with E-state index in [9.17, 15) is 0 Å². The first-order valence-corrected chi connectivity index (χ1v) is 7.17. The first kappa shape index (κ1) is 11.4. The van der Waals surface area contributed by atoms with Crippen molar-refractivity contribution < 1.29 is 0 Å². The van der Waals surface area contributed by atoms with Crippen LogP contribution in [0, 0.1) is 0 Å². The van der Waals surface area contributed by atoms with Gasteiger partial charge in [-0.1, -0.05) is 18.5 Å². The predicted molar refractivity (Wildman–Crippen MR) is 71.5 cm³/mol. The number of hydrogen-bond acceptors (Lipinski definition) is 4. The topological polar surface area (TPSA) is 29.0 Å². The summed E-state index contributed by atoms with van der Waals surface area (Å²) in [6.45, 7) is 4.05. The van der Waals surface area contributed by atoms with Crippen LogP contribution in [0.3, 0.4) is 0 Å². The summed E-state index contributed by atoms with van der Waals surface area (Å²) in [5.74, 6) is 0.846. The Kier molecular flexibility index (Phi) is 3.03. The Morgan fingerprint density at radius 2 is 2.29 bits per heavy atom. The van der Waals surface area contributed by atoms with Gasteiger partial charge >= 0.3 is 0 Å². The van der Waals surface area contributed by atoms with Crippen LogP contribution in [0.5, 0.6) is 0 Å². The molecule has 90 valence electrons. The van der Waals surface area contributed by atoms with Gasteiger partial charge in [0, 0.05) is 11.4 Å². The van der Waals surface area contributed by atoms with E-state index in [0.29, 0.717) is 5.15 Å². The molecule has 0 aromatic carbocycles. The molecule has 2 aromatic rings. The predicted octanol–water partition coefficient (Wildman–Crippen LogP) is 3.33. The zero-order valence-electron chi connectivity index (χ0n) is 9.69. The minimum Gasteiger partial charge on any atom is -0.293 e. The van der Waals surface area contributed by atoms with Crippen LogP contribution < -0.4 is 0 Å². The maximum absolute atomic E-state index is 6.16. The largest absolute Gasteiger partial charge is 0.293 e. The Morgan fingerprint density at radius 3 is 3.00 bits per heavy atom. The van der Waals surface area contributed by atoms with Crippen molar-refractivity contribution in [1.29, 1.82) is 0 Å². The molecular weight excluding hydrogens is 254 g/mol. The average molecular weight is 268 g/mol. The lowest BCUT2D eigenvalue weighted by Gasteiger charge is -2.18. The molecule has 1 aliphatic carbocycles. The first-order chi connectivity index (χ1) is 8.28. The van der Waals surface area contributed by atoms with E-state index in [1.807, 2.05) is 11.4 Å². The Morgan fingerprint density at radius 1 is 1.47 bits per heavy atom. The lowest BCUT2D eigenvalue weighted by Crippen LogP contribution is -2.26. The Balaban J connectivity index is 1.88. The molecule has 0 atom stereocenters. The first-order valence-electron chi connectivity index (χ1n) is 5.91. The second-order valence-corrected chi connectivity index (χ2v) is 5.62. The third-order valence-corrected chi connectivity index (χ3v) is 4.23. The van der Waals surface area contributed by atoms with Gasteiger partial charge in [0.15, 0.2) is 0 Å². The van der Waals surface area contributed by atoms with Crippen molar-refractivity contribution in [1.82, 2.24) is 14.9 Å². The maximum atomic E-state index is 6.16. The summed E-state index contributed by atoms with van der Waals surface area (Å²) in [6, 6.07) is 2.71. The molecule has 0 unspecified atom stereocenters. The molecule has 1 fully saturated rings. The lowest BCUT2D eigenvalue weighted by molar-refractivity contribution is 0.263. The maximum Gasteiger partial charge on any atom is 0.145 e. The molecule has 17 heavy (non-hydrogen) atoms. The number of halogens is 1. The molecule has 0 N–H and O–H groups in total. The van der Waals surface area contributed by atoms with Crippen molar-refractivity contribution in [2.75, 3.05) is 6.54 Å². The van der Waals surface area contributed by atoms with Gasteiger partial charge in [-0.3, -0.25) is 4.90 Å². The third kappa shape index (κ3) is 2.30. The molecule has 2 heterocycles. The molecular formula is C12H14ClN3S. The normalized spacial score (nSPS) is 15.9. The van der Waals surface area contributed by atoms with Gasteiger partial charge < -0.3 is 0 Å². The van der Waals surface area contributed by atoms with E-state index in [0.717, 1.165) is 35.2 Å². The van der Waals surface area contributed by atoms with Crippen molar-refractivity contribution in [2.24, 2.45) is 0 Å². The van der Waals surface area contributed by atoms with Gasteiger partial charge in [0.05, 0.1) is 6.54 Å². The van der Waals surface area contributed by atoms with Crippen LogP contribution in [0.1, 0.15) is 25.6 Å². The number of rotatable bonds is 4.